The van der Waals surface area contributed by atoms with Gasteiger partial charge < -0.3 is 9.73 Å². The molecule has 0 fully saturated rings. The number of amides is 1. The van der Waals surface area contributed by atoms with Crippen LogP contribution in [0.25, 0.3) is 11.1 Å². The smallest absolute Gasteiger partial charge is 0.408 e. The molecule has 3 N–H and O–H groups in total. The molecule has 0 unspecified atom stereocenters. The first-order valence-corrected chi connectivity index (χ1v) is 9.15. The van der Waals surface area contributed by atoms with Crippen molar-refractivity contribution in [3.8, 4) is 0 Å². The summed E-state index contributed by atoms with van der Waals surface area (Å²) >= 11 is 0. The molecule has 1 aromatic carbocycles. The zero-order valence-corrected chi connectivity index (χ0v) is 14.5. The standard InChI is InChI=1S/C16H16N4O5S/c1-10(15(21)18-9-11-3-2-6-17-8-11)20-26(23,24)12-4-5-13-14(7-12)25-16(22)19-13/h2-8,10,20H,9H2,1H3,(H,18,21)(H,19,22)/t10-/m0/s1. The Kier molecular flexibility index (Phi) is 4.87. The van der Waals surface area contributed by atoms with Crippen molar-refractivity contribution in [3.05, 3.63) is 58.8 Å². The van der Waals surface area contributed by atoms with E-state index in [1.807, 2.05) is 0 Å². The molecule has 2 heterocycles. The summed E-state index contributed by atoms with van der Waals surface area (Å²) < 4.78 is 32.0. The highest BCUT2D eigenvalue weighted by molar-refractivity contribution is 7.89. The van der Waals surface area contributed by atoms with E-state index in [0.29, 0.717) is 5.52 Å². The average molecular weight is 376 g/mol. The highest BCUT2D eigenvalue weighted by atomic mass is 32.2. The van der Waals surface area contributed by atoms with Gasteiger partial charge in [-0.05, 0) is 30.7 Å². The van der Waals surface area contributed by atoms with E-state index in [-0.39, 0.29) is 17.0 Å². The minimum Gasteiger partial charge on any atom is -0.408 e. The highest BCUT2D eigenvalue weighted by Gasteiger charge is 2.22. The summed E-state index contributed by atoms with van der Waals surface area (Å²) in [4.78, 5) is 29.5. The van der Waals surface area contributed by atoms with Gasteiger partial charge in [0.2, 0.25) is 15.9 Å². The molecule has 0 aliphatic carbocycles. The van der Waals surface area contributed by atoms with E-state index in [9.17, 15) is 18.0 Å². The predicted molar refractivity (Wildman–Crippen MR) is 92.7 cm³/mol. The van der Waals surface area contributed by atoms with E-state index in [1.54, 1.807) is 24.5 Å². The summed E-state index contributed by atoms with van der Waals surface area (Å²) in [5.41, 5.74) is 1.30. The Bertz CT molecular complexity index is 1090. The number of carbonyl (C=O) groups excluding carboxylic acids is 1. The van der Waals surface area contributed by atoms with E-state index in [2.05, 4.69) is 20.0 Å². The first-order valence-electron chi connectivity index (χ1n) is 7.67. The Morgan fingerprint density at radius 2 is 2.15 bits per heavy atom. The second-order valence-electron chi connectivity index (χ2n) is 5.59. The van der Waals surface area contributed by atoms with Gasteiger partial charge in [-0.15, -0.1) is 0 Å². The lowest BCUT2D eigenvalue weighted by Gasteiger charge is -2.14. The predicted octanol–water partition coefficient (Wildman–Crippen LogP) is 0.499. The summed E-state index contributed by atoms with van der Waals surface area (Å²) in [5, 5.41) is 2.64. The van der Waals surface area contributed by atoms with Gasteiger partial charge in [0.05, 0.1) is 16.5 Å². The van der Waals surface area contributed by atoms with Crippen LogP contribution in [0.15, 0.2) is 56.8 Å². The summed E-state index contributed by atoms with van der Waals surface area (Å²) in [5.74, 6) is -1.16. The molecule has 26 heavy (non-hydrogen) atoms. The van der Waals surface area contributed by atoms with Crippen LogP contribution in [-0.4, -0.2) is 30.3 Å². The molecule has 0 aliphatic heterocycles. The van der Waals surface area contributed by atoms with Crippen molar-refractivity contribution in [2.75, 3.05) is 0 Å². The Morgan fingerprint density at radius 1 is 1.35 bits per heavy atom. The van der Waals surface area contributed by atoms with Crippen LogP contribution in [0.4, 0.5) is 0 Å². The Balaban J connectivity index is 1.68. The molecule has 9 nitrogen and oxygen atoms in total. The number of rotatable bonds is 6. The average Bonchev–Trinajstić information content (AvgIpc) is 2.99. The molecule has 3 aromatic rings. The number of hydrogen-bond donors (Lipinski definition) is 3. The fraction of sp³-hybridized carbons (Fsp3) is 0.188. The van der Waals surface area contributed by atoms with E-state index >= 15 is 0 Å². The van der Waals surface area contributed by atoms with Crippen molar-refractivity contribution in [2.24, 2.45) is 0 Å². The lowest BCUT2D eigenvalue weighted by Crippen LogP contribution is -2.44. The van der Waals surface area contributed by atoms with Gasteiger partial charge in [-0.25, -0.2) is 13.2 Å². The van der Waals surface area contributed by atoms with Crippen molar-refractivity contribution in [1.82, 2.24) is 20.0 Å². The number of benzene rings is 1. The number of aromatic amines is 1. The monoisotopic (exact) mass is 376 g/mol. The number of oxazole rings is 1. The summed E-state index contributed by atoms with van der Waals surface area (Å²) in [6.45, 7) is 1.67. The van der Waals surface area contributed by atoms with Crippen LogP contribution in [-0.2, 0) is 21.4 Å². The van der Waals surface area contributed by atoms with E-state index in [1.165, 1.54) is 25.1 Å². The fourth-order valence-electron chi connectivity index (χ4n) is 2.29. The minimum atomic E-state index is -3.97. The van der Waals surface area contributed by atoms with Crippen molar-refractivity contribution in [2.45, 2.75) is 24.4 Å². The van der Waals surface area contributed by atoms with Crippen LogP contribution in [0, 0.1) is 0 Å². The molecule has 1 amide bonds. The van der Waals surface area contributed by atoms with Crippen LogP contribution in [0.5, 0.6) is 0 Å². The molecule has 3 rings (SSSR count). The third kappa shape index (κ3) is 3.98. The van der Waals surface area contributed by atoms with Crippen LogP contribution in [0.3, 0.4) is 0 Å². The maximum atomic E-state index is 12.4. The molecule has 0 saturated carbocycles. The maximum absolute atomic E-state index is 12.4. The number of sulfonamides is 1. The first-order chi connectivity index (χ1) is 12.3. The Hall–Kier alpha value is -2.98. The molecule has 2 aromatic heterocycles. The van der Waals surface area contributed by atoms with Crippen molar-refractivity contribution in [3.63, 3.8) is 0 Å². The van der Waals surface area contributed by atoms with E-state index in [4.69, 9.17) is 4.42 Å². The highest BCUT2D eigenvalue weighted by Crippen LogP contribution is 2.16. The van der Waals surface area contributed by atoms with Gasteiger partial charge in [0.1, 0.15) is 0 Å². The van der Waals surface area contributed by atoms with Crippen LogP contribution in [0.2, 0.25) is 0 Å². The molecule has 0 spiro atoms. The number of hydrogen-bond acceptors (Lipinski definition) is 6. The normalized spacial score (nSPS) is 12.8. The molecule has 136 valence electrons. The number of H-pyrrole nitrogens is 1. The zero-order valence-electron chi connectivity index (χ0n) is 13.7. The van der Waals surface area contributed by atoms with Crippen LogP contribution >= 0.6 is 0 Å². The van der Waals surface area contributed by atoms with Gasteiger partial charge in [0.25, 0.3) is 0 Å². The second-order valence-corrected chi connectivity index (χ2v) is 7.31. The lowest BCUT2D eigenvalue weighted by atomic mass is 10.2. The van der Waals surface area contributed by atoms with Gasteiger partial charge in [-0.1, -0.05) is 6.07 Å². The van der Waals surface area contributed by atoms with Crippen molar-refractivity contribution < 1.29 is 17.6 Å². The molecule has 0 aliphatic rings. The molecule has 0 radical (unpaired) electrons. The summed E-state index contributed by atoms with van der Waals surface area (Å²) in [6, 6.07) is 6.49. The summed E-state index contributed by atoms with van der Waals surface area (Å²) in [7, 11) is -3.97. The maximum Gasteiger partial charge on any atom is 0.417 e. The quantitative estimate of drug-likeness (QED) is 0.573. The number of nitrogens with zero attached hydrogens (tertiary/aromatic N) is 1. The topological polar surface area (TPSA) is 134 Å². The van der Waals surface area contributed by atoms with Gasteiger partial charge in [0.15, 0.2) is 5.58 Å². The van der Waals surface area contributed by atoms with Gasteiger partial charge in [0, 0.05) is 25.0 Å². The SMILES string of the molecule is C[C@H](NS(=O)(=O)c1ccc2[nH]c(=O)oc2c1)C(=O)NCc1cccnc1. The number of carbonyl (C=O) groups is 1. The molecule has 0 bridgehead atoms. The minimum absolute atomic E-state index is 0.111. The van der Waals surface area contributed by atoms with E-state index in [0.717, 1.165) is 5.56 Å². The van der Waals surface area contributed by atoms with Crippen molar-refractivity contribution >= 4 is 27.0 Å². The molecular formula is C16H16N4O5S. The number of fused-ring (bicyclic) bond motifs is 1. The Labute approximate surface area is 148 Å². The third-order valence-electron chi connectivity index (χ3n) is 3.62. The van der Waals surface area contributed by atoms with E-state index < -0.39 is 27.7 Å². The fourth-order valence-corrected chi connectivity index (χ4v) is 3.51. The molecular weight excluding hydrogens is 360 g/mol. The van der Waals surface area contributed by atoms with Gasteiger partial charge in [-0.2, -0.15) is 4.72 Å². The second kappa shape index (κ2) is 7.10. The largest absolute Gasteiger partial charge is 0.417 e. The third-order valence-corrected chi connectivity index (χ3v) is 5.16. The van der Waals surface area contributed by atoms with Crippen molar-refractivity contribution in [1.29, 1.82) is 0 Å². The first kappa shape index (κ1) is 17.8. The number of pyridine rings is 1. The number of nitrogens with one attached hydrogen (secondary N) is 3. The summed E-state index contributed by atoms with van der Waals surface area (Å²) in [6.07, 6.45) is 3.22. The lowest BCUT2D eigenvalue weighted by molar-refractivity contribution is -0.122. The van der Waals surface area contributed by atoms with Crippen LogP contribution in [0.1, 0.15) is 12.5 Å². The molecule has 10 heteroatoms. The number of aromatic nitrogens is 2. The molecule has 1 atom stereocenters. The van der Waals surface area contributed by atoms with Gasteiger partial charge >= 0.3 is 5.76 Å². The Morgan fingerprint density at radius 3 is 2.88 bits per heavy atom. The molecule has 0 saturated heterocycles. The van der Waals surface area contributed by atoms with Gasteiger partial charge in [-0.3, -0.25) is 14.8 Å². The van der Waals surface area contributed by atoms with Crippen LogP contribution < -0.4 is 15.8 Å². The zero-order chi connectivity index (χ0) is 18.7.